The Morgan fingerprint density at radius 2 is 1.57 bits per heavy atom. The topological polar surface area (TPSA) is 108 Å². The molecule has 0 amide bonds. The van der Waals surface area contributed by atoms with Crippen molar-refractivity contribution in [3.8, 4) is 11.5 Å². The number of sulfonamides is 1. The molecular formula is C19H21NO7S. The van der Waals surface area contributed by atoms with Crippen LogP contribution in [0, 0.1) is 0 Å². The van der Waals surface area contributed by atoms with E-state index in [4.69, 9.17) is 14.2 Å². The number of carbonyl (C=O) groups is 2. The average molecular weight is 407 g/mol. The van der Waals surface area contributed by atoms with Crippen molar-refractivity contribution in [2.24, 2.45) is 0 Å². The Labute approximate surface area is 163 Å². The highest BCUT2D eigenvalue weighted by Crippen LogP contribution is 2.16. The lowest BCUT2D eigenvalue weighted by molar-refractivity contribution is -0.141. The number of hydrogen-bond acceptors (Lipinski definition) is 7. The maximum atomic E-state index is 12.2. The lowest BCUT2D eigenvalue weighted by Crippen LogP contribution is -2.31. The van der Waals surface area contributed by atoms with E-state index in [-0.39, 0.29) is 4.90 Å². The quantitative estimate of drug-likeness (QED) is 0.473. The Morgan fingerprint density at radius 1 is 0.964 bits per heavy atom. The molecule has 28 heavy (non-hydrogen) atoms. The molecule has 0 heterocycles. The molecule has 9 heteroatoms. The van der Waals surface area contributed by atoms with Gasteiger partial charge in [-0.2, -0.15) is 4.72 Å². The molecule has 0 aliphatic carbocycles. The summed E-state index contributed by atoms with van der Waals surface area (Å²) in [7, 11) is -2.38. The van der Waals surface area contributed by atoms with Crippen LogP contribution in [-0.4, -0.2) is 47.0 Å². The van der Waals surface area contributed by atoms with Gasteiger partial charge in [0, 0.05) is 5.56 Å². The molecule has 0 bridgehead atoms. The van der Waals surface area contributed by atoms with Crippen molar-refractivity contribution in [1.29, 1.82) is 0 Å². The number of benzene rings is 2. The molecule has 0 atom stereocenters. The second-order valence-electron chi connectivity index (χ2n) is 5.54. The highest BCUT2D eigenvalue weighted by molar-refractivity contribution is 7.89. The first-order chi connectivity index (χ1) is 13.4. The van der Waals surface area contributed by atoms with Gasteiger partial charge in [0.15, 0.2) is 12.4 Å². The van der Waals surface area contributed by atoms with Crippen LogP contribution < -0.4 is 14.2 Å². The summed E-state index contributed by atoms with van der Waals surface area (Å²) >= 11 is 0. The minimum atomic E-state index is -3.89. The third-order valence-corrected chi connectivity index (χ3v) is 5.04. The van der Waals surface area contributed by atoms with Crippen molar-refractivity contribution >= 4 is 21.8 Å². The largest absolute Gasteiger partial charge is 0.497 e. The lowest BCUT2D eigenvalue weighted by atomic mass is 10.1. The maximum Gasteiger partial charge on any atom is 0.321 e. The van der Waals surface area contributed by atoms with E-state index >= 15 is 0 Å². The summed E-state index contributed by atoms with van der Waals surface area (Å²) in [6.45, 7) is 1.20. The highest BCUT2D eigenvalue weighted by atomic mass is 32.2. The van der Waals surface area contributed by atoms with Crippen molar-refractivity contribution in [3.63, 3.8) is 0 Å². The predicted molar refractivity (Wildman–Crippen MR) is 101 cm³/mol. The maximum absolute atomic E-state index is 12.2. The smallest absolute Gasteiger partial charge is 0.321 e. The number of carbonyl (C=O) groups excluding carboxylic acids is 2. The van der Waals surface area contributed by atoms with Gasteiger partial charge in [0.05, 0.1) is 18.6 Å². The Bertz CT molecular complexity index is 906. The third kappa shape index (κ3) is 6.07. The lowest BCUT2D eigenvalue weighted by Gasteiger charge is -2.08. The van der Waals surface area contributed by atoms with Gasteiger partial charge >= 0.3 is 5.97 Å². The SMILES string of the molecule is CCOc1ccc(S(=O)(=O)NCC(=O)OCC(=O)c2ccc(OC)cc2)cc1. The molecular weight excluding hydrogens is 386 g/mol. The minimum Gasteiger partial charge on any atom is -0.497 e. The van der Waals surface area contributed by atoms with Crippen LogP contribution in [-0.2, 0) is 19.6 Å². The Balaban J connectivity index is 1.84. The Morgan fingerprint density at radius 3 is 2.14 bits per heavy atom. The molecule has 0 aliphatic rings. The van der Waals surface area contributed by atoms with Crippen molar-refractivity contribution in [1.82, 2.24) is 4.72 Å². The van der Waals surface area contributed by atoms with Crippen LogP contribution in [0.15, 0.2) is 53.4 Å². The summed E-state index contributed by atoms with van der Waals surface area (Å²) in [6, 6.07) is 12.1. The van der Waals surface area contributed by atoms with Crippen molar-refractivity contribution in [2.75, 3.05) is 26.9 Å². The van der Waals surface area contributed by atoms with E-state index in [9.17, 15) is 18.0 Å². The first-order valence-electron chi connectivity index (χ1n) is 8.41. The van der Waals surface area contributed by atoms with Crippen molar-refractivity contribution in [2.45, 2.75) is 11.8 Å². The van der Waals surface area contributed by atoms with E-state index < -0.39 is 34.9 Å². The predicted octanol–water partition coefficient (Wildman–Crippen LogP) is 1.80. The van der Waals surface area contributed by atoms with E-state index in [2.05, 4.69) is 4.72 Å². The molecule has 1 N–H and O–H groups in total. The number of Topliss-reactive ketones (excluding diaryl/α,β-unsaturated/α-hetero) is 1. The van der Waals surface area contributed by atoms with Crippen LogP contribution in [0.4, 0.5) is 0 Å². The van der Waals surface area contributed by atoms with Gasteiger partial charge in [0.2, 0.25) is 10.0 Å². The van der Waals surface area contributed by atoms with Gasteiger partial charge in [-0.1, -0.05) is 0 Å². The number of ketones is 1. The third-order valence-electron chi connectivity index (χ3n) is 3.63. The molecule has 2 rings (SSSR count). The highest BCUT2D eigenvalue weighted by Gasteiger charge is 2.17. The van der Waals surface area contributed by atoms with E-state index in [1.165, 1.54) is 31.4 Å². The summed E-state index contributed by atoms with van der Waals surface area (Å²) < 4.78 is 41.6. The average Bonchev–Trinajstić information content (AvgIpc) is 2.71. The molecule has 2 aromatic carbocycles. The fourth-order valence-electron chi connectivity index (χ4n) is 2.18. The zero-order chi connectivity index (χ0) is 20.6. The number of esters is 1. The zero-order valence-electron chi connectivity index (χ0n) is 15.5. The van der Waals surface area contributed by atoms with Crippen LogP contribution >= 0.6 is 0 Å². The molecule has 8 nitrogen and oxygen atoms in total. The molecule has 0 aliphatic heterocycles. The number of methoxy groups -OCH3 is 1. The summed E-state index contributed by atoms with van der Waals surface area (Å²) in [6.07, 6.45) is 0. The van der Waals surface area contributed by atoms with Crippen LogP contribution in [0.3, 0.4) is 0 Å². The summed E-state index contributed by atoms with van der Waals surface area (Å²) in [5, 5.41) is 0. The summed E-state index contributed by atoms with van der Waals surface area (Å²) in [5.41, 5.74) is 0.351. The van der Waals surface area contributed by atoms with E-state index in [1.807, 2.05) is 6.92 Å². The van der Waals surface area contributed by atoms with Crippen LogP contribution in [0.1, 0.15) is 17.3 Å². The first-order valence-corrected chi connectivity index (χ1v) is 9.89. The van der Waals surface area contributed by atoms with Gasteiger partial charge in [0.1, 0.15) is 18.0 Å². The van der Waals surface area contributed by atoms with Crippen LogP contribution in [0.5, 0.6) is 11.5 Å². The van der Waals surface area contributed by atoms with Crippen LogP contribution in [0.25, 0.3) is 0 Å². The second kappa shape index (κ2) is 9.86. The normalized spacial score (nSPS) is 10.9. The Hall–Kier alpha value is -2.91. The molecule has 0 saturated carbocycles. The first kappa shape index (κ1) is 21.4. The molecule has 0 saturated heterocycles. The monoisotopic (exact) mass is 407 g/mol. The fraction of sp³-hybridized carbons (Fsp3) is 0.263. The molecule has 2 aromatic rings. The van der Waals surface area contributed by atoms with E-state index in [1.54, 1.807) is 24.3 Å². The number of rotatable bonds is 10. The molecule has 0 radical (unpaired) electrons. The van der Waals surface area contributed by atoms with Crippen LogP contribution in [0.2, 0.25) is 0 Å². The van der Waals surface area contributed by atoms with Gasteiger partial charge < -0.3 is 14.2 Å². The van der Waals surface area contributed by atoms with Crippen molar-refractivity contribution in [3.05, 3.63) is 54.1 Å². The summed E-state index contributed by atoms with van der Waals surface area (Å²) in [4.78, 5) is 23.7. The van der Waals surface area contributed by atoms with E-state index in [0.717, 1.165) is 0 Å². The van der Waals surface area contributed by atoms with E-state index in [0.29, 0.717) is 23.7 Å². The zero-order valence-corrected chi connectivity index (χ0v) is 16.3. The van der Waals surface area contributed by atoms with Gasteiger partial charge in [-0.3, -0.25) is 9.59 Å². The van der Waals surface area contributed by atoms with Gasteiger partial charge in [0.25, 0.3) is 0 Å². The minimum absolute atomic E-state index is 0.0157. The molecule has 0 aromatic heterocycles. The fourth-order valence-corrected chi connectivity index (χ4v) is 3.15. The number of ether oxygens (including phenoxy) is 3. The Kier molecular flexibility index (Phi) is 7.53. The van der Waals surface area contributed by atoms with Gasteiger partial charge in [-0.05, 0) is 55.5 Å². The van der Waals surface area contributed by atoms with Gasteiger partial charge in [-0.15, -0.1) is 0 Å². The standard InChI is InChI=1S/C19H21NO7S/c1-3-26-16-8-10-17(11-9-16)28(23,24)20-12-19(22)27-13-18(21)14-4-6-15(25-2)7-5-14/h4-11,20H,3,12-13H2,1-2H3. The number of nitrogens with one attached hydrogen (secondary N) is 1. The van der Waals surface area contributed by atoms with Gasteiger partial charge in [-0.25, -0.2) is 8.42 Å². The molecule has 0 fully saturated rings. The summed E-state index contributed by atoms with van der Waals surface area (Å²) in [5.74, 6) is -0.142. The second-order valence-corrected chi connectivity index (χ2v) is 7.31. The number of hydrogen-bond donors (Lipinski definition) is 1. The molecule has 150 valence electrons. The van der Waals surface area contributed by atoms with Crippen molar-refractivity contribution < 1.29 is 32.2 Å². The molecule has 0 unspecified atom stereocenters. The molecule has 0 spiro atoms.